The van der Waals surface area contributed by atoms with Gasteiger partial charge in [0.1, 0.15) is 0 Å². The van der Waals surface area contributed by atoms with Gasteiger partial charge in [-0.05, 0) is 33.4 Å². The van der Waals surface area contributed by atoms with Gasteiger partial charge in [0.15, 0.2) is 0 Å². The second-order valence-electron chi connectivity index (χ2n) is 5.41. The zero-order valence-corrected chi connectivity index (χ0v) is 10.5. The van der Waals surface area contributed by atoms with Gasteiger partial charge in [0.05, 0.1) is 6.10 Å². The summed E-state index contributed by atoms with van der Waals surface area (Å²) in [5.74, 6) is 0. The van der Waals surface area contributed by atoms with Crippen molar-refractivity contribution in [2.75, 3.05) is 40.3 Å². The van der Waals surface area contributed by atoms with E-state index in [1.165, 1.54) is 13.0 Å². The monoisotopic (exact) mass is 227 g/mol. The fourth-order valence-corrected chi connectivity index (χ4v) is 2.79. The molecule has 2 fully saturated rings. The maximum atomic E-state index is 9.75. The van der Waals surface area contributed by atoms with Crippen molar-refractivity contribution in [3.05, 3.63) is 0 Å². The van der Waals surface area contributed by atoms with E-state index in [1.807, 2.05) is 0 Å². The summed E-state index contributed by atoms with van der Waals surface area (Å²) in [5.41, 5.74) is 0. The highest BCUT2D eigenvalue weighted by Gasteiger charge is 2.27. The summed E-state index contributed by atoms with van der Waals surface area (Å²) in [6, 6.07) is 0.923. The van der Waals surface area contributed by atoms with Crippen molar-refractivity contribution < 1.29 is 5.11 Å². The van der Waals surface area contributed by atoms with Crippen molar-refractivity contribution in [1.82, 2.24) is 15.1 Å². The second-order valence-corrected chi connectivity index (χ2v) is 5.41. The van der Waals surface area contributed by atoms with Gasteiger partial charge in [0.25, 0.3) is 0 Å². The van der Waals surface area contributed by atoms with Crippen LogP contribution in [0.4, 0.5) is 0 Å². The predicted octanol–water partition coefficient (Wildman–Crippen LogP) is -0.265. The molecule has 2 aliphatic rings. The Hall–Kier alpha value is -0.160. The Kier molecular flexibility index (Phi) is 4.19. The molecule has 0 bridgehead atoms. The topological polar surface area (TPSA) is 38.7 Å². The van der Waals surface area contributed by atoms with Crippen LogP contribution in [0.1, 0.15) is 19.3 Å². The van der Waals surface area contributed by atoms with E-state index in [1.54, 1.807) is 0 Å². The van der Waals surface area contributed by atoms with Crippen molar-refractivity contribution in [3.63, 3.8) is 0 Å². The zero-order valence-electron chi connectivity index (χ0n) is 10.5. The lowest BCUT2D eigenvalue weighted by molar-refractivity contribution is 0.100. The highest BCUT2D eigenvalue weighted by Crippen LogP contribution is 2.19. The number of likely N-dealkylation sites (N-methyl/N-ethyl adjacent to an activating group) is 2. The van der Waals surface area contributed by atoms with Crippen LogP contribution in [0.15, 0.2) is 0 Å². The van der Waals surface area contributed by atoms with Crippen molar-refractivity contribution >= 4 is 0 Å². The van der Waals surface area contributed by atoms with E-state index in [9.17, 15) is 5.11 Å². The summed E-state index contributed by atoms with van der Waals surface area (Å²) in [7, 11) is 4.38. The molecule has 1 saturated carbocycles. The van der Waals surface area contributed by atoms with Crippen molar-refractivity contribution in [1.29, 1.82) is 0 Å². The Bertz CT molecular complexity index is 224. The Labute approximate surface area is 98.6 Å². The predicted molar refractivity (Wildman–Crippen MR) is 65.6 cm³/mol. The van der Waals surface area contributed by atoms with Crippen LogP contribution in [0, 0.1) is 0 Å². The minimum atomic E-state index is -0.119. The number of aliphatic hydroxyl groups excluding tert-OH is 1. The normalized spacial score (nSPS) is 38.1. The molecule has 0 spiro atoms. The SMILES string of the molecule is CN1CCN(C)C(CN[C@@H]2CCC[C@H]2O)C1. The Morgan fingerprint density at radius 1 is 1.25 bits per heavy atom. The van der Waals surface area contributed by atoms with Crippen LogP contribution in [0.25, 0.3) is 0 Å². The van der Waals surface area contributed by atoms with Gasteiger partial charge in [-0.25, -0.2) is 0 Å². The fraction of sp³-hybridized carbons (Fsp3) is 1.00. The Morgan fingerprint density at radius 2 is 2.06 bits per heavy atom. The quantitative estimate of drug-likeness (QED) is 0.696. The molecular formula is C12H25N3O. The van der Waals surface area contributed by atoms with E-state index >= 15 is 0 Å². The van der Waals surface area contributed by atoms with Gasteiger partial charge in [0, 0.05) is 38.3 Å². The Balaban J connectivity index is 1.75. The first-order chi connectivity index (χ1) is 7.66. The highest BCUT2D eigenvalue weighted by atomic mass is 16.3. The van der Waals surface area contributed by atoms with Gasteiger partial charge in [0.2, 0.25) is 0 Å². The van der Waals surface area contributed by atoms with Crippen LogP contribution in [-0.4, -0.2) is 73.4 Å². The van der Waals surface area contributed by atoms with Crippen LogP contribution >= 0.6 is 0 Å². The third-order valence-corrected chi connectivity index (χ3v) is 4.08. The molecular weight excluding hydrogens is 202 g/mol. The van der Waals surface area contributed by atoms with Gasteiger partial charge in [-0.2, -0.15) is 0 Å². The molecule has 2 N–H and O–H groups in total. The second kappa shape index (κ2) is 5.45. The number of rotatable bonds is 3. The van der Waals surface area contributed by atoms with Crippen LogP contribution < -0.4 is 5.32 Å². The summed E-state index contributed by atoms with van der Waals surface area (Å²) in [6.07, 6.45) is 3.15. The number of nitrogens with zero attached hydrogens (tertiary/aromatic N) is 2. The molecule has 3 atom stereocenters. The summed E-state index contributed by atoms with van der Waals surface area (Å²) < 4.78 is 0. The first-order valence-corrected chi connectivity index (χ1v) is 6.47. The van der Waals surface area contributed by atoms with Crippen molar-refractivity contribution in [2.45, 2.75) is 37.5 Å². The highest BCUT2D eigenvalue weighted by molar-refractivity contribution is 4.86. The van der Waals surface area contributed by atoms with Gasteiger partial charge in [-0.3, -0.25) is 4.90 Å². The number of aliphatic hydroxyl groups is 1. The molecule has 1 saturated heterocycles. The number of piperazine rings is 1. The molecule has 1 aliphatic heterocycles. The lowest BCUT2D eigenvalue weighted by Gasteiger charge is -2.38. The lowest BCUT2D eigenvalue weighted by Crippen LogP contribution is -2.55. The summed E-state index contributed by atoms with van der Waals surface area (Å²) in [4.78, 5) is 4.81. The van der Waals surface area contributed by atoms with Gasteiger partial charge in [-0.15, -0.1) is 0 Å². The molecule has 0 aromatic rings. The molecule has 4 heteroatoms. The average molecular weight is 227 g/mol. The molecule has 0 aromatic carbocycles. The molecule has 0 amide bonds. The molecule has 1 aliphatic carbocycles. The van der Waals surface area contributed by atoms with Gasteiger partial charge < -0.3 is 15.3 Å². The molecule has 16 heavy (non-hydrogen) atoms. The van der Waals surface area contributed by atoms with Crippen LogP contribution in [0.3, 0.4) is 0 Å². The minimum absolute atomic E-state index is 0.119. The zero-order chi connectivity index (χ0) is 11.5. The first kappa shape index (κ1) is 12.3. The summed E-state index contributed by atoms with van der Waals surface area (Å²) in [6.45, 7) is 4.45. The van der Waals surface area contributed by atoms with Crippen LogP contribution in [0.2, 0.25) is 0 Å². The van der Waals surface area contributed by atoms with Gasteiger partial charge in [-0.1, -0.05) is 0 Å². The van der Waals surface area contributed by atoms with E-state index in [0.29, 0.717) is 12.1 Å². The van der Waals surface area contributed by atoms with Crippen LogP contribution in [-0.2, 0) is 0 Å². The lowest BCUT2D eigenvalue weighted by atomic mass is 10.1. The van der Waals surface area contributed by atoms with Crippen molar-refractivity contribution in [3.8, 4) is 0 Å². The molecule has 0 aromatic heterocycles. The third-order valence-electron chi connectivity index (χ3n) is 4.08. The van der Waals surface area contributed by atoms with E-state index in [2.05, 4.69) is 29.2 Å². The summed E-state index contributed by atoms with van der Waals surface area (Å²) >= 11 is 0. The smallest absolute Gasteiger partial charge is 0.0693 e. The van der Waals surface area contributed by atoms with Gasteiger partial charge >= 0.3 is 0 Å². The first-order valence-electron chi connectivity index (χ1n) is 6.47. The third kappa shape index (κ3) is 2.94. The van der Waals surface area contributed by atoms with E-state index in [-0.39, 0.29) is 6.10 Å². The van der Waals surface area contributed by atoms with Crippen molar-refractivity contribution in [2.24, 2.45) is 0 Å². The van der Waals surface area contributed by atoms with Crippen LogP contribution in [0.5, 0.6) is 0 Å². The van der Waals surface area contributed by atoms with E-state index in [4.69, 9.17) is 0 Å². The standard InChI is InChI=1S/C12H25N3O/c1-14-6-7-15(2)10(9-14)8-13-11-4-3-5-12(11)16/h10-13,16H,3-9H2,1-2H3/t10?,11-,12-/m1/s1. The number of nitrogens with one attached hydrogen (secondary N) is 1. The molecule has 0 radical (unpaired) electrons. The summed E-state index contributed by atoms with van der Waals surface area (Å²) in [5, 5.41) is 13.3. The fourth-order valence-electron chi connectivity index (χ4n) is 2.79. The molecule has 2 rings (SSSR count). The maximum Gasteiger partial charge on any atom is 0.0693 e. The Morgan fingerprint density at radius 3 is 2.75 bits per heavy atom. The molecule has 4 nitrogen and oxygen atoms in total. The minimum Gasteiger partial charge on any atom is -0.392 e. The number of hydrogen-bond donors (Lipinski definition) is 2. The van der Waals surface area contributed by atoms with E-state index < -0.39 is 0 Å². The molecule has 1 unspecified atom stereocenters. The number of hydrogen-bond acceptors (Lipinski definition) is 4. The van der Waals surface area contributed by atoms with E-state index in [0.717, 1.165) is 32.5 Å². The molecule has 1 heterocycles. The molecule has 94 valence electrons. The largest absolute Gasteiger partial charge is 0.392 e. The average Bonchev–Trinajstić information content (AvgIpc) is 2.66. The maximum absolute atomic E-state index is 9.75.